The van der Waals surface area contributed by atoms with Gasteiger partial charge in [0.15, 0.2) is 0 Å². The first-order valence-corrected chi connectivity index (χ1v) is 1.82. The van der Waals surface area contributed by atoms with Crippen molar-refractivity contribution in [1.29, 1.82) is 0 Å². The highest BCUT2D eigenvalue weighted by Crippen LogP contribution is 1.98. The van der Waals surface area contributed by atoms with Crippen LogP contribution in [0.25, 0.3) is 0 Å². The molecule has 0 aliphatic carbocycles. The molecule has 2 heteroatoms. The highest BCUT2D eigenvalue weighted by atomic mass is 16.5. The largest absolute Gasteiger partial charge is 0.155 e. The first-order valence-electron chi connectivity index (χ1n) is 1.82. The van der Waals surface area contributed by atoms with Crippen LogP contribution in [-0.2, 0) is 5.21 Å². The Kier molecular flexibility index (Phi) is 0.596. The van der Waals surface area contributed by atoms with Crippen molar-refractivity contribution in [1.82, 2.24) is 5.06 Å². The van der Waals surface area contributed by atoms with E-state index in [9.17, 15) is 5.21 Å². The van der Waals surface area contributed by atoms with Gasteiger partial charge in [-0.1, -0.05) is 0 Å². The summed E-state index contributed by atoms with van der Waals surface area (Å²) in [5.74, 6) is 0. The maximum absolute atomic E-state index is 9.82. The van der Waals surface area contributed by atoms with Gasteiger partial charge in [-0.15, -0.1) is 5.21 Å². The standard InChI is InChI=1S/C3H6NO/c5-4-2-1-3-4/h1-3H2. The predicted octanol–water partition coefficient (Wildman–Crippen LogP) is 0.0376. The van der Waals surface area contributed by atoms with E-state index in [-0.39, 0.29) is 0 Å². The summed E-state index contributed by atoms with van der Waals surface area (Å²) >= 11 is 0. The molecule has 0 amide bonds. The molecular weight excluding hydrogens is 66.0 g/mol. The second-order valence-electron chi connectivity index (χ2n) is 1.28. The number of nitrogens with zero attached hydrogens (tertiary/aromatic N) is 1. The van der Waals surface area contributed by atoms with Crippen LogP contribution >= 0.6 is 0 Å². The van der Waals surface area contributed by atoms with Crippen molar-refractivity contribution in [2.45, 2.75) is 6.42 Å². The lowest BCUT2D eigenvalue weighted by Gasteiger charge is -2.19. The molecule has 2 nitrogen and oxygen atoms in total. The van der Waals surface area contributed by atoms with Crippen molar-refractivity contribution in [3.63, 3.8) is 0 Å². The third kappa shape index (κ3) is 0.412. The lowest BCUT2D eigenvalue weighted by atomic mass is 10.3. The number of rotatable bonds is 0. The Morgan fingerprint density at radius 2 is 1.80 bits per heavy atom. The van der Waals surface area contributed by atoms with Crippen LogP contribution in [0.5, 0.6) is 0 Å². The van der Waals surface area contributed by atoms with E-state index < -0.39 is 0 Å². The van der Waals surface area contributed by atoms with E-state index in [0.29, 0.717) is 0 Å². The molecule has 1 aliphatic heterocycles. The molecule has 1 heterocycles. The average Bonchev–Trinajstić information content (AvgIpc) is 1.30. The van der Waals surface area contributed by atoms with Crippen LogP contribution in [0, 0.1) is 0 Å². The zero-order chi connectivity index (χ0) is 3.70. The first-order chi connectivity index (χ1) is 2.39. The molecule has 0 aromatic rings. The van der Waals surface area contributed by atoms with E-state index >= 15 is 0 Å². The van der Waals surface area contributed by atoms with Gasteiger partial charge in [-0.25, -0.2) is 0 Å². The Labute approximate surface area is 31.0 Å². The van der Waals surface area contributed by atoms with E-state index in [1.165, 1.54) is 0 Å². The molecule has 5 heavy (non-hydrogen) atoms. The van der Waals surface area contributed by atoms with Gasteiger partial charge >= 0.3 is 0 Å². The van der Waals surface area contributed by atoms with E-state index in [0.717, 1.165) is 24.6 Å². The van der Waals surface area contributed by atoms with Crippen molar-refractivity contribution in [3.05, 3.63) is 0 Å². The molecule has 0 aromatic heterocycles. The van der Waals surface area contributed by atoms with Crippen molar-refractivity contribution in [2.75, 3.05) is 13.1 Å². The molecule has 0 aromatic carbocycles. The summed E-state index contributed by atoms with van der Waals surface area (Å²) in [6.45, 7) is 1.53. The highest BCUT2D eigenvalue weighted by Gasteiger charge is 2.09. The summed E-state index contributed by atoms with van der Waals surface area (Å²) in [5.41, 5.74) is 0. The van der Waals surface area contributed by atoms with Crippen molar-refractivity contribution in [2.24, 2.45) is 0 Å². The molecule has 0 N–H and O–H groups in total. The summed E-state index contributed by atoms with van der Waals surface area (Å²) in [6, 6.07) is 0. The zero-order valence-corrected chi connectivity index (χ0v) is 2.98. The van der Waals surface area contributed by atoms with Crippen LogP contribution in [-0.4, -0.2) is 18.2 Å². The summed E-state index contributed by atoms with van der Waals surface area (Å²) in [4.78, 5) is 0. The van der Waals surface area contributed by atoms with Crippen LogP contribution < -0.4 is 0 Å². The van der Waals surface area contributed by atoms with Gasteiger partial charge in [0, 0.05) is 13.1 Å². The molecule has 0 bridgehead atoms. The lowest BCUT2D eigenvalue weighted by Crippen LogP contribution is -2.31. The minimum Gasteiger partial charge on any atom is -0.155 e. The van der Waals surface area contributed by atoms with E-state index in [1.807, 2.05) is 0 Å². The van der Waals surface area contributed by atoms with Crippen LogP contribution in [0.15, 0.2) is 0 Å². The van der Waals surface area contributed by atoms with E-state index in [4.69, 9.17) is 0 Å². The first kappa shape index (κ1) is 3.12. The quantitative estimate of drug-likeness (QED) is 0.396. The van der Waals surface area contributed by atoms with Gasteiger partial charge in [-0.2, -0.15) is 5.06 Å². The Hall–Kier alpha value is -0.0800. The van der Waals surface area contributed by atoms with Crippen molar-refractivity contribution in [3.8, 4) is 0 Å². The Balaban J connectivity index is 2.08. The van der Waals surface area contributed by atoms with E-state index in [2.05, 4.69) is 0 Å². The zero-order valence-electron chi connectivity index (χ0n) is 2.98. The van der Waals surface area contributed by atoms with Crippen LogP contribution in [0.1, 0.15) is 6.42 Å². The normalized spacial score (nSPS) is 25.8. The molecule has 0 unspecified atom stereocenters. The second kappa shape index (κ2) is 0.954. The van der Waals surface area contributed by atoms with Gasteiger partial charge in [0.2, 0.25) is 0 Å². The molecule has 0 spiro atoms. The van der Waals surface area contributed by atoms with Gasteiger partial charge in [0.05, 0.1) is 0 Å². The number of hydrogen-bond donors (Lipinski definition) is 0. The van der Waals surface area contributed by atoms with Gasteiger partial charge in [0.1, 0.15) is 0 Å². The Bertz CT molecular complexity index is 33.9. The van der Waals surface area contributed by atoms with Gasteiger partial charge < -0.3 is 0 Å². The van der Waals surface area contributed by atoms with Gasteiger partial charge in [-0.3, -0.25) is 0 Å². The SMILES string of the molecule is [O]N1CCC1. The maximum Gasteiger partial charge on any atom is 0.0284 e. The van der Waals surface area contributed by atoms with Gasteiger partial charge in [-0.05, 0) is 6.42 Å². The molecule has 1 saturated heterocycles. The van der Waals surface area contributed by atoms with Crippen molar-refractivity contribution >= 4 is 0 Å². The van der Waals surface area contributed by atoms with E-state index in [1.54, 1.807) is 0 Å². The number of hydrogen-bond acceptors (Lipinski definition) is 1. The molecule has 1 radical (unpaired) electrons. The monoisotopic (exact) mass is 72.0 g/mol. The fraction of sp³-hybridized carbons (Fsp3) is 1.00. The molecule has 0 saturated carbocycles. The third-order valence-electron chi connectivity index (χ3n) is 0.815. The summed E-state index contributed by atoms with van der Waals surface area (Å²) in [6.07, 6.45) is 1.10. The van der Waals surface area contributed by atoms with Gasteiger partial charge in [0.25, 0.3) is 0 Å². The highest BCUT2D eigenvalue weighted by molar-refractivity contribution is 4.55. The molecule has 1 aliphatic rings. The molecule has 29 valence electrons. The molecule has 1 fully saturated rings. The third-order valence-corrected chi connectivity index (χ3v) is 0.815. The molecule has 0 atom stereocenters. The summed E-state index contributed by atoms with van der Waals surface area (Å²) in [7, 11) is 0. The summed E-state index contributed by atoms with van der Waals surface area (Å²) < 4.78 is 0. The Morgan fingerprint density at radius 1 is 1.40 bits per heavy atom. The maximum atomic E-state index is 9.82. The van der Waals surface area contributed by atoms with Crippen molar-refractivity contribution < 1.29 is 5.21 Å². The minimum atomic E-state index is 0.764. The molecule has 1 rings (SSSR count). The topological polar surface area (TPSA) is 23.1 Å². The fourth-order valence-electron chi connectivity index (χ4n) is 0.287. The van der Waals surface area contributed by atoms with Crippen LogP contribution in [0.4, 0.5) is 0 Å². The smallest absolute Gasteiger partial charge is 0.0284 e. The second-order valence-corrected chi connectivity index (χ2v) is 1.28. The van der Waals surface area contributed by atoms with Crippen LogP contribution in [0.3, 0.4) is 0 Å². The predicted molar refractivity (Wildman–Crippen MR) is 16.9 cm³/mol. The lowest BCUT2D eigenvalue weighted by molar-refractivity contribution is -0.197. The number of hydroxylamine groups is 2. The Morgan fingerprint density at radius 3 is 1.80 bits per heavy atom. The minimum absolute atomic E-state index is 0.764. The molecular formula is C3H6NO. The fourth-order valence-corrected chi connectivity index (χ4v) is 0.287. The van der Waals surface area contributed by atoms with Crippen LogP contribution in [0.2, 0.25) is 0 Å². The summed E-state index contributed by atoms with van der Waals surface area (Å²) in [5, 5.41) is 10.9. The average molecular weight is 72.1 g/mol.